The van der Waals surface area contributed by atoms with E-state index in [9.17, 15) is 4.79 Å². The summed E-state index contributed by atoms with van der Waals surface area (Å²) in [5.74, 6) is 0.942. The molecular formula is C20H23N5O. The molecule has 1 atom stereocenters. The summed E-state index contributed by atoms with van der Waals surface area (Å²) in [5, 5.41) is 0. The average molecular weight is 349 g/mol. The van der Waals surface area contributed by atoms with Gasteiger partial charge in [-0.1, -0.05) is 18.2 Å². The van der Waals surface area contributed by atoms with Crippen molar-refractivity contribution in [3.05, 3.63) is 59.7 Å². The number of H-pyrrole nitrogens is 1. The zero-order valence-corrected chi connectivity index (χ0v) is 14.7. The minimum Gasteiger partial charge on any atom is -0.351 e. The quantitative estimate of drug-likeness (QED) is 0.740. The van der Waals surface area contributed by atoms with Gasteiger partial charge in [-0.25, -0.2) is 9.78 Å². The molecule has 0 spiro atoms. The van der Waals surface area contributed by atoms with Crippen LogP contribution in [0.15, 0.2) is 42.6 Å². The number of aromatic amines is 1. The predicted molar refractivity (Wildman–Crippen MR) is 101 cm³/mol. The van der Waals surface area contributed by atoms with Crippen molar-refractivity contribution in [1.82, 2.24) is 19.9 Å². The van der Waals surface area contributed by atoms with Crippen molar-refractivity contribution >= 4 is 17.1 Å². The van der Waals surface area contributed by atoms with E-state index in [1.165, 1.54) is 5.56 Å². The maximum absolute atomic E-state index is 12.1. The molecule has 1 aromatic carbocycles. The van der Waals surface area contributed by atoms with Crippen molar-refractivity contribution in [3.8, 4) is 0 Å². The van der Waals surface area contributed by atoms with Crippen LogP contribution in [0.1, 0.15) is 42.4 Å². The molecule has 134 valence electrons. The van der Waals surface area contributed by atoms with Crippen molar-refractivity contribution in [3.63, 3.8) is 0 Å². The molecule has 1 unspecified atom stereocenters. The first-order chi connectivity index (χ1) is 12.7. The molecule has 0 bridgehead atoms. The summed E-state index contributed by atoms with van der Waals surface area (Å²) < 4.78 is 0. The molecule has 3 N–H and O–H groups in total. The Morgan fingerprint density at radius 2 is 2.15 bits per heavy atom. The summed E-state index contributed by atoms with van der Waals surface area (Å²) in [6.45, 7) is 0.604. The highest BCUT2D eigenvalue weighted by Crippen LogP contribution is 2.32. The minimum atomic E-state index is -0.377. The molecule has 2 heterocycles. The normalized spacial score (nSPS) is 16.4. The fourth-order valence-electron chi connectivity index (χ4n) is 3.85. The second-order valence-electron chi connectivity index (χ2n) is 6.79. The van der Waals surface area contributed by atoms with E-state index in [1.807, 2.05) is 30.3 Å². The Kier molecular flexibility index (Phi) is 4.56. The molecule has 0 radical (unpaired) electrons. The van der Waals surface area contributed by atoms with Crippen molar-refractivity contribution < 1.29 is 4.79 Å². The van der Waals surface area contributed by atoms with E-state index in [4.69, 9.17) is 5.73 Å². The van der Waals surface area contributed by atoms with Gasteiger partial charge in [0.1, 0.15) is 5.82 Å². The largest absolute Gasteiger partial charge is 0.351 e. The van der Waals surface area contributed by atoms with Gasteiger partial charge in [-0.05, 0) is 49.4 Å². The number of rotatable bonds is 5. The monoisotopic (exact) mass is 349 g/mol. The summed E-state index contributed by atoms with van der Waals surface area (Å²) >= 11 is 0. The van der Waals surface area contributed by atoms with Crippen LogP contribution in [0.2, 0.25) is 0 Å². The lowest BCUT2D eigenvalue weighted by Crippen LogP contribution is -2.41. The predicted octanol–water partition coefficient (Wildman–Crippen LogP) is 3.35. The highest BCUT2D eigenvalue weighted by Gasteiger charge is 2.28. The third kappa shape index (κ3) is 3.27. The number of primary amides is 1. The zero-order chi connectivity index (χ0) is 17.9. The van der Waals surface area contributed by atoms with Gasteiger partial charge in [0.2, 0.25) is 0 Å². The number of pyridine rings is 1. The number of imidazole rings is 1. The van der Waals surface area contributed by atoms with E-state index in [0.29, 0.717) is 6.54 Å². The molecule has 1 aliphatic carbocycles. The van der Waals surface area contributed by atoms with E-state index < -0.39 is 0 Å². The van der Waals surface area contributed by atoms with Gasteiger partial charge in [0.25, 0.3) is 0 Å². The third-order valence-corrected chi connectivity index (χ3v) is 5.08. The lowest BCUT2D eigenvalue weighted by molar-refractivity contribution is 0.172. The molecule has 0 saturated carbocycles. The molecule has 1 aliphatic rings. The van der Waals surface area contributed by atoms with Crippen molar-refractivity contribution in [2.24, 2.45) is 5.73 Å². The summed E-state index contributed by atoms with van der Waals surface area (Å²) in [6, 6.07) is 11.6. The minimum absolute atomic E-state index is 0.0203. The number of nitrogens with one attached hydrogen (secondary N) is 1. The van der Waals surface area contributed by atoms with E-state index >= 15 is 0 Å². The summed E-state index contributed by atoms with van der Waals surface area (Å²) in [7, 11) is 0. The number of carbonyl (C=O) groups excluding carboxylic acids is 1. The SMILES string of the molecule is NC(=O)N(CCCc1nc2ccccc2[nH]1)C1CCCc2cccnc21. The van der Waals surface area contributed by atoms with E-state index in [1.54, 1.807) is 11.1 Å². The van der Waals surface area contributed by atoms with Crippen LogP contribution >= 0.6 is 0 Å². The van der Waals surface area contributed by atoms with Gasteiger partial charge in [-0.2, -0.15) is 0 Å². The number of nitrogens with zero attached hydrogens (tertiary/aromatic N) is 3. The second kappa shape index (κ2) is 7.15. The van der Waals surface area contributed by atoms with E-state index in [0.717, 1.165) is 54.7 Å². The van der Waals surface area contributed by atoms with E-state index in [2.05, 4.69) is 21.0 Å². The lowest BCUT2D eigenvalue weighted by Gasteiger charge is -2.33. The lowest BCUT2D eigenvalue weighted by atomic mass is 9.91. The van der Waals surface area contributed by atoms with Crippen molar-refractivity contribution in [2.45, 2.75) is 38.1 Å². The summed E-state index contributed by atoms with van der Waals surface area (Å²) in [6.07, 6.45) is 6.37. The Labute approximate surface area is 152 Å². The average Bonchev–Trinajstić information content (AvgIpc) is 3.07. The molecule has 0 aliphatic heterocycles. The maximum atomic E-state index is 12.1. The van der Waals surface area contributed by atoms with Crippen LogP contribution in [-0.4, -0.2) is 32.4 Å². The first-order valence-corrected chi connectivity index (χ1v) is 9.16. The molecule has 6 nitrogen and oxygen atoms in total. The number of aryl methyl sites for hydroxylation is 2. The number of nitrogens with two attached hydrogens (primary N) is 1. The topological polar surface area (TPSA) is 87.9 Å². The van der Waals surface area contributed by atoms with Gasteiger partial charge >= 0.3 is 6.03 Å². The highest BCUT2D eigenvalue weighted by molar-refractivity contribution is 5.74. The maximum Gasteiger partial charge on any atom is 0.315 e. The van der Waals surface area contributed by atoms with Crippen LogP contribution in [0.25, 0.3) is 11.0 Å². The molecule has 0 saturated heterocycles. The first-order valence-electron chi connectivity index (χ1n) is 9.16. The van der Waals surface area contributed by atoms with Crippen molar-refractivity contribution in [1.29, 1.82) is 0 Å². The number of amides is 2. The number of benzene rings is 1. The standard InChI is InChI=1S/C20H23N5O/c21-20(26)25(17-10-3-6-14-7-4-12-22-19(14)17)13-5-11-18-23-15-8-1-2-9-16(15)24-18/h1-2,4,7-9,12,17H,3,5-6,10-11,13H2,(H2,21,26)(H,23,24). The molecule has 6 heteroatoms. The van der Waals surface area contributed by atoms with Crippen LogP contribution in [0, 0.1) is 0 Å². The molecule has 3 aromatic rings. The van der Waals surface area contributed by atoms with E-state index in [-0.39, 0.29) is 12.1 Å². The number of carbonyl (C=O) groups is 1. The Hall–Kier alpha value is -2.89. The number of aromatic nitrogens is 3. The van der Waals surface area contributed by atoms with Crippen LogP contribution in [0.5, 0.6) is 0 Å². The van der Waals surface area contributed by atoms with Gasteiger partial charge in [-0.3, -0.25) is 4.98 Å². The number of urea groups is 1. The Morgan fingerprint density at radius 3 is 3.00 bits per heavy atom. The fraction of sp³-hybridized carbons (Fsp3) is 0.350. The van der Waals surface area contributed by atoms with Crippen LogP contribution in [0.4, 0.5) is 4.79 Å². The number of hydrogen-bond donors (Lipinski definition) is 2. The fourth-order valence-corrected chi connectivity index (χ4v) is 3.85. The molecule has 4 rings (SSSR count). The van der Waals surface area contributed by atoms with Gasteiger partial charge in [-0.15, -0.1) is 0 Å². The summed E-state index contributed by atoms with van der Waals surface area (Å²) in [5.41, 5.74) is 9.94. The second-order valence-corrected chi connectivity index (χ2v) is 6.79. The molecule has 2 amide bonds. The summed E-state index contributed by atoms with van der Waals surface area (Å²) in [4.78, 5) is 26.3. The molecular weight excluding hydrogens is 326 g/mol. The van der Waals surface area contributed by atoms with Crippen LogP contribution in [0.3, 0.4) is 0 Å². The Balaban J connectivity index is 1.45. The van der Waals surface area contributed by atoms with Crippen LogP contribution in [-0.2, 0) is 12.8 Å². The number of hydrogen-bond acceptors (Lipinski definition) is 3. The number of para-hydroxylation sites is 2. The molecule has 26 heavy (non-hydrogen) atoms. The molecule has 0 fully saturated rings. The third-order valence-electron chi connectivity index (χ3n) is 5.08. The first kappa shape index (κ1) is 16.6. The number of fused-ring (bicyclic) bond motifs is 2. The Bertz CT molecular complexity index is 886. The Morgan fingerprint density at radius 1 is 1.27 bits per heavy atom. The smallest absolute Gasteiger partial charge is 0.315 e. The van der Waals surface area contributed by atoms with Gasteiger partial charge in [0.05, 0.1) is 22.8 Å². The van der Waals surface area contributed by atoms with Gasteiger partial charge < -0.3 is 15.6 Å². The van der Waals surface area contributed by atoms with Crippen LogP contribution < -0.4 is 5.73 Å². The van der Waals surface area contributed by atoms with Crippen molar-refractivity contribution in [2.75, 3.05) is 6.54 Å². The van der Waals surface area contributed by atoms with Gasteiger partial charge in [0.15, 0.2) is 0 Å². The highest BCUT2D eigenvalue weighted by atomic mass is 16.2. The van der Waals surface area contributed by atoms with Gasteiger partial charge in [0, 0.05) is 19.2 Å². The molecule has 2 aromatic heterocycles. The zero-order valence-electron chi connectivity index (χ0n) is 14.7.